The predicted octanol–water partition coefficient (Wildman–Crippen LogP) is 6.87. The van der Waals surface area contributed by atoms with E-state index in [1.54, 1.807) is 0 Å². The number of piperidine rings is 1. The van der Waals surface area contributed by atoms with Gasteiger partial charge in [0.1, 0.15) is 11.4 Å². The van der Waals surface area contributed by atoms with Crippen LogP contribution in [0, 0.1) is 5.92 Å². The third-order valence-electron chi connectivity index (χ3n) is 6.68. The number of halogens is 2. The Labute approximate surface area is 212 Å². The first-order valence-electron chi connectivity index (χ1n) is 11.9. The fourth-order valence-corrected chi connectivity index (χ4v) is 5.31. The van der Waals surface area contributed by atoms with Crippen molar-refractivity contribution in [3.05, 3.63) is 63.1 Å². The molecule has 4 rings (SSSR count). The molecule has 2 aliphatic rings. The van der Waals surface area contributed by atoms with Crippen molar-refractivity contribution in [3.63, 3.8) is 0 Å². The Bertz CT molecular complexity index is 1060. The topological polar surface area (TPSA) is 38.8 Å². The molecule has 1 unspecified atom stereocenters. The molecule has 182 valence electrons. The van der Waals surface area contributed by atoms with Crippen molar-refractivity contribution in [2.24, 2.45) is 5.92 Å². The molecule has 2 heterocycles. The van der Waals surface area contributed by atoms with Crippen LogP contribution in [0.25, 0.3) is 12.2 Å². The summed E-state index contributed by atoms with van der Waals surface area (Å²) in [7, 11) is 0. The minimum Gasteiger partial charge on any atom is -0.492 e. The van der Waals surface area contributed by atoms with Gasteiger partial charge in [0.2, 0.25) is 0 Å². The molecular formula is C28H33Cl2NO3. The standard InChI is InChI=1S/C28H33Cl2NO3/c1-19(26(32)34-27(2,3)4)17-31-14-12-28(13-15-31)18-33-25-16-20(9-11-22(25)28)8-10-21-23(29)6-5-7-24(21)30/h5-11,16,19H,12-15,17-18H2,1-4H3. The lowest BCUT2D eigenvalue weighted by atomic mass is 9.74. The fourth-order valence-electron chi connectivity index (χ4n) is 4.78. The highest BCUT2D eigenvalue weighted by Crippen LogP contribution is 2.46. The zero-order chi connectivity index (χ0) is 24.5. The average molecular weight is 502 g/mol. The van der Waals surface area contributed by atoms with E-state index in [9.17, 15) is 4.79 Å². The second-order valence-electron chi connectivity index (χ2n) is 10.5. The first-order valence-corrected chi connectivity index (χ1v) is 12.7. The second-order valence-corrected chi connectivity index (χ2v) is 11.3. The van der Waals surface area contributed by atoms with Gasteiger partial charge < -0.3 is 14.4 Å². The van der Waals surface area contributed by atoms with Crippen molar-refractivity contribution in [2.75, 3.05) is 26.2 Å². The van der Waals surface area contributed by atoms with Crippen molar-refractivity contribution in [1.82, 2.24) is 4.90 Å². The predicted molar refractivity (Wildman–Crippen MR) is 140 cm³/mol. The van der Waals surface area contributed by atoms with Crippen LogP contribution in [0.1, 0.15) is 57.2 Å². The third-order valence-corrected chi connectivity index (χ3v) is 7.34. The summed E-state index contributed by atoms with van der Waals surface area (Å²) in [5, 5.41) is 1.26. The molecule has 0 aromatic heterocycles. The van der Waals surface area contributed by atoms with Crippen LogP contribution in [0.15, 0.2) is 36.4 Å². The molecule has 0 bridgehead atoms. The Morgan fingerprint density at radius 2 is 1.82 bits per heavy atom. The molecule has 34 heavy (non-hydrogen) atoms. The molecule has 4 nitrogen and oxygen atoms in total. The van der Waals surface area contributed by atoms with Gasteiger partial charge in [-0.25, -0.2) is 0 Å². The molecule has 0 radical (unpaired) electrons. The summed E-state index contributed by atoms with van der Waals surface area (Å²) in [4.78, 5) is 14.7. The number of rotatable bonds is 5. The molecule has 0 amide bonds. The Hall–Kier alpha value is -2.01. The zero-order valence-corrected chi connectivity index (χ0v) is 21.9. The van der Waals surface area contributed by atoms with E-state index in [-0.39, 0.29) is 17.3 Å². The van der Waals surface area contributed by atoms with Crippen molar-refractivity contribution in [2.45, 2.75) is 51.6 Å². The smallest absolute Gasteiger partial charge is 0.310 e. The van der Waals surface area contributed by atoms with Gasteiger partial charge in [-0.1, -0.05) is 60.5 Å². The summed E-state index contributed by atoms with van der Waals surface area (Å²) < 4.78 is 11.7. The summed E-state index contributed by atoms with van der Waals surface area (Å²) in [5.74, 6) is 0.699. The minimum atomic E-state index is -0.449. The zero-order valence-electron chi connectivity index (χ0n) is 20.4. The minimum absolute atomic E-state index is 0.0509. The summed E-state index contributed by atoms with van der Waals surface area (Å²) in [6, 6.07) is 12.0. The highest BCUT2D eigenvalue weighted by atomic mass is 35.5. The number of likely N-dealkylation sites (tertiary alicyclic amines) is 1. The number of esters is 1. The van der Waals surface area contributed by atoms with Crippen LogP contribution in [-0.2, 0) is 14.9 Å². The van der Waals surface area contributed by atoms with Gasteiger partial charge >= 0.3 is 5.97 Å². The van der Waals surface area contributed by atoms with Crippen LogP contribution >= 0.6 is 23.2 Å². The maximum absolute atomic E-state index is 12.4. The van der Waals surface area contributed by atoms with E-state index < -0.39 is 5.60 Å². The number of fused-ring (bicyclic) bond motifs is 2. The fraction of sp³-hybridized carbons (Fsp3) is 0.464. The monoisotopic (exact) mass is 501 g/mol. The number of hydrogen-bond donors (Lipinski definition) is 0. The summed E-state index contributed by atoms with van der Waals surface area (Å²) >= 11 is 12.6. The summed E-state index contributed by atoms with van der Waals surface area (Å²) in [6.07, 6.45) is 6.00. The molecular weight excluding hydrogens is 469 g/mol. The van der Waals surface area contributed by atoms with Crippen LogP contribution < -0.4 is 4.74 Å². The average Bonchev–Trinajstić information content (AvgIpc) is 3.11. The van der Waals surface area contributed by atoms with E-state index in [4.69, 9.17) is 32.7 Å². The van der Waals surface area contributed by atoms with Crippen molar-refractivity contribution in [1.29, 1.82) is 0 Å². The molecule has 1 atom stereocenters. The number of hydrogen-bond acceptors (Lipinski definition) is 4. The van der Waals surface area contributed by atoms with Crippen LogP contribution in [-0.4, -0.2) is 42.7 Å². The van der Waals surface area contributed by atoms with Crippen LogP contribution in [0.5, 0.6) is 5.75 Å². The molecule has 0 aliphatic carbocycles. The molecule has 0 saturated carbocycles. The van der Waals surface area contributed by atoms with Crippen LogP contribution in [0.4, 0.5) is 0 Å². The Balaban J connectivity index is 1.39. The lowest BCUT2D eigenvalue weighted by molar-refractivity contribution is -0.160. The van der Waals surface area contributed by atoms with E-state index in [0.29, 0.717) is 16.7 Å². The highest BCUT2D eigenvalue weighted by Gasteiger charge is 2.43. The Morgan fingerprint density at radius 3 is 2.47 bits per heavy atom. The third kappa shape index (κ3) is 5.62. The molecule has 2 aromatic carbocycles. The molecule has 2 aromatic rings. The lowest BCUT2D eigenvalue weighted by Crippen LogP contribution is -2.46. The summed E-state index contributed by atoms with van der Waals surface area (Å²) in [6.45, 7) is 11.0. The number of carbonyl (C=O) groups is 1. The van der Waals surface area contributed by atoms with Gasteiger partial charge in [-0.2, -0.15) is 0 Å². The normalized spacial score (nSPS) is 18.6. The number of benzene rings is 2. The van der Waals surface area contributed by atoms with Gasteiger partial charge in [0.05, 0.1) is 12.5 Å². The number of nitrogens with zero attached hydrogens (tertiary/aromatic N) is 1. The molecule has 0 N–H and O–H groups in total. The van der Waals surface area contributed by atoms with Gasteiger partial charge in [-0.05, 0) is 70.5 Å². The SMILES string of the molecule is CC(CN1CCC2(CC1)COc1cc(C=Cc3c(Cl)cccc3Cl)ccc12)C(=O)OC(C)(C)C. The van der Waals surface area contributed by atoms with Crippen LogP contribution in [0.2, 0.25) is 10.0 Å². The van der Waals surface area contributed by atoms with Crippen LogP contribution in [0.3, 0.4) is 0 Å². The Morgan fingerprint density at radius 1 is 1.15 bits per heavy atom. The molecule has 1 saturated heterocycles. The Kier molecular flexibility index (Phi) is 7.33. The van der Waals surface area contributed by atoms with E-state index in [0.717, 1.165) is 49.4 Å². The maximum atomic E-state index is 12.4. The van der Waals surface area contributed by atoms with Crippen molar-refractivity contribution < 1.29 is 14.3 Å². The van der Waals surface area contributed by atoms with Gasteiger partial charge in [0, 0.05) is 33.1 Å². The van der Waals surface area contributed by atoms with Crippen molar-refractivity contribution >= 4 is 41.3 Å². The number of ether oxygens (including phenoxy) is 2. The van der Waals surface area contributed by atoms with E-state index >= 15 is 0 Å². The van der Waals surface area contributed by atoms with Crippen molar-refractivity contribution in [3.8, 4) is 5.75 Å². The summed E-state index contributed by atoms with van der Waals surface area (Å²) in [5.41, 5.74) is 2.76. The maximum Gasteiger partial charge on any atom is 0.310 e. The first-order chi connectivity index (χ1) is 16.1. The van der Waals surface area contributed by atoms with E-state index in [2.05, 4.69) is 23.1 Å². The molecule has 1 spiro atoms. The second kappa shape index (κ2) is 9.93. The van der Waals surface area contributed by atoms with Gasteiger partial charge in [0.25, 0.3) is 0 Å². The quantitative estimate of drug-likeness (QED) is 0.331. The molecule has 2 aliphatic heterocycles. The van der Waals surface area contributed by atoms with Gasteiger partial charge in [0.15, 0.2) is 0 Å². The molecule has 1 fully saturated rings. The highest BCUT2D eigenvalue weighted by molar-refractivity contribution is 6.37. The molecule has 6 heteroatoms. The van der Waals surface area contributed by atoms with Gasteiger partial charge in [-0.3, -0.25) is 4.79 Å². The first kappa shape index (κ1) is 25.1. The largest absolute Gasteiger partial charge is 0.492 e. The lowest BCUT2D eigenvalue weighted by Gasteiger charge is -2.39. The van der Waals surface area contributed by atoms with Gasteiger partial charge in [-0.15, -0.1) is 0 Å². The van der Waals surface area contributed by atoms with E-state index in [1.807, 2.05) is 58.0 Å². The van der Waals surface area contributed by atoms with E-state index in [1.165, 1.54) is 5.56 Å². The number of carbonyl (C=O) groups excluding carboxylic acids is 1.